The van der Waals surface area contributed by atoms with E-state index in [2.05, 4.69) is 17.1 Å². The van der Waals surface area contributed by atoms with Gasteiger partial charge in [-0.3, -0.25) is 0 Å². The predicted molar refractivity (Wildman–Crippen MR) is 116 cm³/mol. The minimum atomic E-state index is -0.823. The van der Waals surface area contributed by atoms with Gasteiger partial charge in [0.2, 0.25) is 0 Å². The van der Waals surface area contributed by atoms with Gasteiger partial charge in [-0.25, -0.2) is 9.97 Å². The van der Waals surface area contributed by atoms with E-state index >= 15 is 0 Å². The first-order valence-corrected chi connectivity index (χ1v) is 10.2. The minimum Gasteiger partial charge on any atom is -0.369 e. The second kappa shape index (κ2) is 8.00. The van der Waals surface area contributed by atoms with E-state index in [4.69, 9.17) is 15.7 Å². The van der Waals surface area contributed by atoms with E-state index in [-0.39, 0.29) is 6.04 Å². The van der Waals surface area contributed by atoms with E-state index in [1.165, 1.54) is 0 Å². The van der Waals surface area contributed by atoms with Gasteiger partial charge in [0.15, 0.2) is 12.1 Å². The number of nitrogens with two attached hydrogens (primary N) is 1. The standard InChI is InChI=1S/C21H28N8O/c1-5-27(4)18-10-14-15(19(25-18)13(3)22)11-29(21(14)30)17-9-7-8-16(24-17)20-26-23-12-28(20)6-2/h7-10,12-13,21,30H,5-6,11,22H2,1-4H3/t13-,21?/m1/s1. The first-order valence-electron chi connectivity index (χ1n) is 10.2. The van der Waals surface area contributed by atoms with Crippen LogP contribution >= 0.6 is 0 Å². The molecule has 9 nitrogen and oxygen atoms in total. The smallest absolute Gasteiger partial charge is 0.182 e. The first-order chi connectivity index (χ1) is 14.4. The summed E-state index contributed by atoms with van der Waals surface area (Å²) in [6.45, 7) is 8.07. The Labute approximate surface area is 176 Å². The summed E-state index contributed by atoms with van der Waals surface area (Å²) in [7, 11) is 1.98. The van der Waals surface area contributed by atoms with E-state index in [0.717, 1.165) is 35.7 Å². The molecule has 0 aliphatic carbocycles. The van der Waals surface area contributed by atoms with Gasteiger partial charge in [-0.15, -0.1) is 10.2 Å². The first kappa shape index (κ1) is 20.2. The lowest BCUT2D eigenvalue weighted by Crippen LogP contribution is -2.22. The molecule has 4 heterocycles. The normalized spacial score (nSPS) is 16.6. The highest BCUT2D eigenvalue weighted by Crippen LogP contribution is 2.39. The lowest BCUT2D eigenvalue weighted by molar-refractivity contribution is 0.181. The molecule has 1 unspecified atom stereocenters. The lowest BCUT2D eigenvalue weighted by atomic mass is 10.0. The third-order valence-corrected chi connectivity index (χ3v) is 5.59. The van der Waals surface area contributed by atoms with Crippen molar-refractivity contribution < 1.29 is 5.11 Å². The van der Waals surface area contributed by atoms with Crippen LogP contribution in [0.2, 0.25) is 0 Å². The van der Waals surface area contributed by atoms with E-state index in [9.17, 15) is 5.11 Å². The van der Waals surface area contributed by atoms with Gasteiger partial charge in [0.25, 0.3) is 0 Å². The van der Waals surface area contributed by atoms with Crippen molar-refractivity contribution >= 4 is 11.6 Å². The number of hydrogen-bond donors (Lipinski definition) is 2. The van der Waals surface area contributed by atoms with Crippen LogP contribution in [-0.2, 0) is 13.1 Å². The number of nitrogens with zero attached hydrogens (tertiary/aromatic N) is 7. The van der Waals surface area contributed by atoms with Crippen molar-refractivity contribution in [3.05, 3.63) is 47.4 Å². The molecule has 1 aliphatic rings. The van der Waals surface area contributed by atoms with Crippen molar-refractivity contribution in [3.63, 3.8) is 0 Å². The van der Waals surface area contributed by atoms with Crippen LogP contribution < -0.4 is 15.5 Å². The summed E-state index contributed by atoms with van der Waals surface area (Å²) >= 11 is 0. The quantitative estimate of drug-likeness (QED) is 0.639. The van der Waals surface area contributed by atoms with Crippen molar-refractivity contribution in [2.75, 3.05) is 23.4 Å². The number of aryl methyl sites for hydroxylation is 1. The number of hydrogen-bond acceptors (Lipinski definition) is 8. The SMILES string of the molecule is CCN(C)c1cc2c(c([C@@H](C)N)n1)CN(c1cccc(-c3nncn3CC)n1)C2O. The van der Waals surface area contributed by atoms with E-state index < -0.39 is 6.23 Å². The van der Waals surface area contributed by atoms with Crippen LogP contribution in [0, 0.1) is 0 Å². The summed E-state index contributed by atoms with van der Waals surface area (Å²) in [5, 5.41) is 19.4. The largest absolute Gasteiger partial charge is 0.369 e. The predicted octanol–water partition coefficient (Wildman–Crippen LogP) is 2.24. The number of fused-ring (bicyclic) bond motifs is 1. The molecule has 1 aliphatic heterocycles. The Balaban J connectivity index is 1.73. The molecule has 0 saturated heterocycles. The molecule has 2 atom stereocenters. The lowest BCUT2D eigenvalue weighted by Gasteiger charge is -2.22. The molecular weight excluding hydrogens is 380 g/mol. The maximum Gasteiger partial charge on any atom is 0.182 e. The molecule has 4 rings (SSSR count). The molecule has 9 heteroatoms. The molecule has 0 saturated carbocycles. The average molecular weight is 409 g/mol. The van der Waals surface area contributed by atoms with E-state index in [1.807, 2.05) is 59.5 Å². The third kappa shape index (κ3) is 3.40. The zero-order valence-electron chi connectivity index (χ0n) is 17.8. The van der Waals surface area contributed by atoms with Crippen molar-refractivity contribution in [2.45, 2.75) is 46.1 Å². The number of rotatable bonds is 6. The van der Waals surface area contributed by atoms with Crippen LogP contribution in [0.4, 0.5) is 11.6 Å². The van der Waals surface area contributed by atoms with Crippen LogP contribution in [0.3, 0.4) is 0 Å². The van der Waals surface area contributed by atoms with Crippen LogP contribution in [0.15, 0.2) is 30.6 Å². The van der Waals surface area contributed by atoms with Gasteiger partial charge in [0, 0.05) is 43.9 Å². The van der Waals surface area contributed by atoms with Crippen LogP contribution in [-0.4, -0.2) is 43.4 Å². The zero-order chi connectivity index (χ0) is 21.4. The third-order valence-electron chi connectivity index (χ3n) is 5.59. The molecule has 158 valence electrons. The van der Waals surface area contributed by atoms with Crippen LogP contribution in [0.25, 0.3) is 11.5 Å². The van der Waals surface area contributed by atoms with E-state index in [1.54, 1.807) is 6.33 Å². The number of anilines is 2. The Hall–Kier alpha value is -3.04. The van der Waals surface area contributed by atoms with Gasteiger partial charge in [-0.1, -0.05) is 6.07 Å². The van der Waals surface area contributed by atoms with Crippen molar-refractivity contribution in [1.82, 2.24) is 24.7 Å². The maximum atomic E-state index is 11.2. The zero-order valence-corrected chi connectivity index (χ0v) is 17.8. The van der Waals surface area contributed by atoms with Gasteiger partial charge in [-0.05, 0) is 39.0 Å². The fourth-order valence-electron chi connectivity index (χ4n) is 3.76. The van der Waals surface area contributed by atoms with Gasteiger partial charge in [-0.2, -0.15) is 0 Å². The molecule has 3 aromatic rings. The Kier molecular flexibility index (Phi) is 5.40. The Bertz CT molecular complexity index is 1050. The molecule has 0 bridgehead atoms. The summed E-state index contributed by atoms with van der Waals surface area (Å²) < 4.78 is 1.94. The molecule has 3 N–H and O–H groups in total. The average Bonchev–Trinajstić information content (AvgIpc) is 3.37. The second-order valence-corrected chi connectivity index (χ2v) is 7.56. The van der Waals surface area contributed by atoms with Crippen molar-refractivity contribution in [3.8, 4) is 11.5 Å². The molecule has 0 spiro atoms. The molecule has 0 fully saturated rings. The maximum absolute atomic E-state index is 11.2. The Morgan fingerprint density at radius 2 is 2.10 bits per heavy atom. The summed E-state index contributed by atoms with van der Waals surface area (Å²) in [6, 6.07) is 7.43. The molecule has 30 heavy (non-hydrogen) atoms. The minimum absolute atomic E-state index is 0.237. The number of aliphatic hydroxyl groups is 1. The highest BCUT2D eigenvalue weighted by atomic mass is 16.3. The molecule has 0 radical (unpaired) electrons. The van der Waals surface area contributed by atoms with Crippen molar-refractivity contribution in [2.24, 2.45) is 5.73 Å². The van der Waals surface area contributed by atoms with Crippen LogP contribution in [0.1, 0.15) is 49.9 Å². The molecule has 3 aromatic heterocycles. The van der Waals surface area contributed by atoms with Crippen molar-refractivity contribution in [1.29, 1.82) is 0 Å². The molecule has 0 amide bonds. The Morgan fingerprint density at radius 1 is 1.30 bits per heavy atom. The highest BCUT2D eigenvalue weighted by molar-refractivity contribution is 5.59. The monoisotopic (exact) mass is 408 g/mol. The summed E-state index contributed by atoms with van der Waals surface area (Å²) in [6.07, 6.45) is 0.868. The Morgan fingerprint density at radius 3 is 2.80 bits per heavy atom. The summed E-state index contributed by atoms with van der Waals surface area (Å²) in [5.74, 6) is 2.18. The highest BCUT2D eigenvalue weighted by Gasteiger charge is 2.34. The van der Waals surface area contributed by atoms with Gasteiger partial charge in [0.05, 0.1) is 5.69 Å². The fourth-order valence-corrected chi connectivity index (χ4v) is 3.76. The van der Waals surface area contributed by atoms with E-state index in [0.29, 0.717) is 23.9 Å². The summed E-state index contributed by atoms with van der Waals surface area (Å²) in [5.41, 5.74) is 9.56. The topological polar surface area (TPSA) is 109 Å². The van der Waals surface area contributed by atoms with Gasteiger partial charge >= 0.3 is 0 Å². The molecular formula is C21H28N8O. The number of pyridine rings is 2. The van der Waals surface area contributed by atoms with Gasteiger partial charge < -0.3 is 25.2 Å². The second-order valence-electron chi connectivity index (χ2n) is 7.56. The fraction of sp³-hybridized carbons (Fsp3) is 0.429. The van der Waals surface area contributed by atoms with Gasteiger partial charge in [0.1, 0.15) is 23.7 Å². The summed E-state index contributed by atoms with van der Waals surface area (Å²) in [4.78, 5) is 13.5. The number of aromatic nitrogens is 5. The van der Waals surface area contributed by atoms with Crippen LogP contribution in [0.5, 0.6) is 0 Å². The number of aliphatic hydroxyl groups excluding tert-OH is 1. The molecule has 0 aromatic carbocycles.